The lowest BCUT2D eigenvalue weighted by molar-refractivity contribution is 0.0545. The molecule has 0 aliphatic carbocycles. The van der Waals surface area contributed by atoms with Crippen molar-refractivity contribution >= 4 is 0 Å². The highest BCUT2D eigenvalue weighted by Crippen LogP contribution is 1.76. The van der Waals surface area contributed by atoms with Crippen LogP contribution < -0.4 is 10.6 Å². The molecule has 0 atom stereocenters. The Kier molecular flexibility index (Phi) is 23.8. The molecule has 0 aromatic rings. The van der Waals surface area contributed by atoms with E-state index in [9.17, 15) is 0 Å². The van der Waals surface area contributed by atoms with Crippen molar-refractivity contribution in [3.63, 3.8) is 0 Å². The van der Waals surface area contributed by atoms with Crippen molar-refractivity contribution in [1.29, 1.82) is 0 Å². The van der Waals surface area contributed by atoms with Crippen LogP contribution in [-0.2, 0) is 14.2 Å². The summed E-state index contributed by atoms with van der Waals surface area (Å²) in [6.07, 6.45) is 0. The normalized spacial score (nSPS) is 9.88. The van der Waals surface area contributed by atoms with E-state index in [1.54, 1.807) is 0 Å². The number of nitrogens with one attached hydrogen (secondary N) is 2. The Bertz CT molecular complexity index is 104. The lowest BCUT2D eigenvalue weighted by atomic mass is 10.7. The summed E-state index contributed by atoms with van der Waals surface area (Å²) in [4.78, 5) is 0. The monoisotopic (exact) mass is 250 g/mol. The molecule has 0 saturated heterocycles. The summed E-state index contributed by atoms with van der Waals surface area (Å²) >= 11 is 0. The SMILES string of the molecule is CCOCCNC.CCOCCOCCNC. The Balaban J connectivity index is 0. The van der Waals surface area contributed by atoms with Crippen LogP contribution in [0.2, 0.25) is 0 Å². The maximum atomic E-state index is 5.19. The molecule has 0 saturated carbocycles. The van der Waals surface area contributed by atoms with Crippen molar-refractivity contribution in [1.82, 2.24) is 10.6 Å². The molecular formula is C12H30N2O3. The van der Waals surface area contributed by atoms with Gasteiger partial charge in [0.25, 0.3) is 0 Å². The highest BCUT2D eigenvalue weighted by Gasteiger charge is 1.85. The highest BCUT2D eigenvalue weighted by atomic mass is 16.5. The number of likely N-dealkylation sites (N-methyl/N-ethyl adjacent to an activating group) is 2. The van der Waals surface area contributed by atoms with Gasteiger partial charge in [0.1, 0.15) is 0 Å². The van der Waals surface area contributed by atoms with Crippen LogP contribution in [0.25, 0.3) is 0 Å². The fourth-order valence-corrected chi connectivity index (χ4v) is 0.857. The number of rotatable bonds is 11. The van der Waals surface area contributed by atoms with E-state index in [4.69, 9.17) is 14.2 Å². The minimum Gasteiger partial charge on any atom is -0.380 e. The van der Waals surface area contributed by atoms with Gasteiger partial charge in [0, 0.05) is 26.3 Å². The summed E-state index contributed by atoms with van der Waals surface area (Å²) in [5.41, 5.74) is 0. The molecule has 0 spiro atoms. The minimum absolute atomic E-state index is 0.704. The van der Waals surface area contributed by atoms with Gasteiger partial charge in [-0.15, -0.1) is 0 Å². The van der Waals surface area contributed by atoms with E-state index in [1.807, 2.05) is 27.9 Å². The van der Waals surface area contributed by atoms with Crippen molar-refractivity contribution in [2.45, 2.75) is 13.8 Å². The van der Waals surface area contributed by atoms with Gasteiger partial charge in [0.05, 0.1) is 26.4 Å². The molecule has 0 aliphatic rings. The summed E-state index contributed by atoms with van der Waals surface area (Å²) < 4.78 is 15.3. The van der Waals surface area contributed by atoms with E-state index in [-0.39, 0.29) is 0 Å². The largest absolute Gasteiger partial charge is 0.380 e. The van der Waals surface area contributed by atoms with Gasteiger partial charge in [-0.1, -0.05) is 0 Å². The fraction of sp³-hybridized carbons (Fsp3) is 1.00. The van der Waals surface area contributed by atoms with Crippen LogP contribution in [-0.4, -0.2) is 66.8 Å². The van der Waals surface area contributed by atoms with Crippen molar-refractivity contribution in [2.24, 2.45) is 0 Å². The zero-order valence-corrected chi connectivity index (χ0v) is 11.9. The second kappa shape index (κ2) is 21.1. The Morgan fingerprint density at radius 1 is 0.647 bits per heavy atom. The summed E-state index contributed by atoms with van der Waals surface area (Å²) in [5.74, 6) is 0. The highest BCUT2D eigenvalue weighted by molar-refractivity contribution is 4.35. The Hall–Kier alpha value is -0.200. The van der Waals surface area contributed by atoms with Crippen LogP contribution >= 0.6 is 0 Å². The first kappa shape index (κ1) is 19.1. The molecule has 0 aromatic heterocycles. The van der Waals surface area contributed by atoms with Gasteiger partial charge in [0.2, 0.25) is 0 Å². The van der Waals surface area contributed by atoms with Gasteiger partial charge in [-0.3, -0.25) is 0 Å². The topological polar surface area (TPSA) is 51.8 Å². The lowest BCUT2D eigenvalue weighted by Crippen LogP contribution is -2.16. The van der Waals surface area contributed by atoms with Crippen LogP contribution in [0.4, 0.5) is 0 Å². The first-order valence-corrected chi connectivity index (χ1v) is 6.35. The second-order valence-corrected chi connectivity index (χ2v) is 3.21. The standard InChI is InChI=1S/C7H17NO2.C5H13NO/c1-3-9-6-7-10-5-4-8-2;1-3-7-5-4-6-2/h8H,3-7H2,1-2H3;6H,3-5H2,1-2H3. The van der Waals surface area contributed by atoms with E-state index < -0.39 is 0 Å². The van der Waals surface area contributed by atoms with E-state index in [0.717, 1.165) is 39.5 Å². The first-order chi connectivity index (χ1) is 8.33. The van der Waals surface area contributed by atoms with Gasteiger partial charge in [-0.2, -0.15) is 0 Å². The second-order valence-electron chi connectivity index (χ2n) is 3.21. The Morgan fingerprint density at radius 2 is 1.06 bits per heavy atom. The Morgan fingerprint density at radius 3 is 1.53 bits per heavy atom. The van der Waals surface area contributed by atoms with Gasteiger partial charge < -0.3 is 24.8 Å². The molecule has 0 unspecified atom stereocenters. The number of hydrogen-bond donors (Lipinski definition) is 2. The van der Waals surface area contributed by atoms with E-state index >= 15 is 0 Å². The van der Waals surface area contributed by atoms with E-state index in [0.29, 0.717) is 13.2 Å². The molecule has 0 heterocycles. The maximum Gasteiger partial charge on any atom is 0.0701 e. The maximum absolute atomic E-state index is 5.19. The summed E-state index contributed by atoms with van der Waals surface area (Å²) in [7, 11) is 3.82. The van der Waals surface area contributed by atoms with Gasteiger partial charge in [0.15, 0.2) is 0 Å². The third kappa shape index (κ3) is 25.8. The van der Waals surface area contributed by atoms with Gasteiger partial charge >= 0.3 is 0 Å². The van der Waals surface area contributed by atoms with Crippen molar-refractivity contribution in [3.8, 4) is 0 Å². The van der Waals surface area contributed by atoms with E-state index in [1.165, 1.54) is 0 Å². The zero-order chi connectivity index (χ0) is 13.2. The third-order valence-electron chi connectivity index (χ3n) is 1.77. The molecule has 0 aliphatic heterocycles. The predicted molar refractivity (Wildman–Crippen MR) is 71.7 cm³/mol. The molecule has 5 nitrogen and oxygen atoms in total. The zero-order valence-electron chi connectivity index (χ0n) is 11.9. The smallest absolute Gasteiger partial charge is 0.0701 e. The summed E-state index contributed by atoms with van der Waals surface area (Å²) in [6.45, 7) is 10.4. The number of ether oxygens (including phenoxy) is 3. The van der Waals surface area contributed by atoms with E-state index in [2.05, 4.69) is 10.6 Å². The quantitative estimate of drug-likeness (QED) is 0.523. The molecule has 5 heteroatoms. The van der Waals surface area contributed by atoms with Crippen molar-refractivity contribution in [3.05, 3.63) is 0 Å². The van der Waals surface area contributed by atoms with Crippen LogP contribution in [0.15, 0.2) is 0 Å². The molecule has 2 N–H and O–H groups in total. The molecule has 0 amide bonds. The Labute approximate surface area is 106 Å². The van der Waals surface area contributed by atoms with Crippen LogP contribution in [0.5, 0.6) is 0 Å². The fourth-order valence-electron chi connectivity index (χ4n) is 0.857. The summed E-state index contributed by atoms with van der Waals surface area (Å²) in [5, 5.41) is 5.97. The van der Waals surface area contributed by atoms with Crippen molar-refractivity contribution < 1.29 is 14.2 Å². The van der Waals surface area contributed by atoms with Gasteiger partial charge in [-0.25, -0.2) is 0 Å². The average Bonchev–Trinajstić information content (AvgIpc) is 2.35. The molecule has 0 radical (unpaired) electrons. The third-order valence-corrected chi connectivity index (χ3v) is 1.77. The number of hydrogen-bond acceptors (Lipinski definition) is 5. The predicted octanol–water partition coefficient (Wildman–Crippen LogP) is 0.501. The molecule has 106 valence electrons. The van der Waals surface area contributed by atoms with Gasteiger partial charge in [-0.05, 0) is 27.9 Å². The minimum atomic E-state index is 0.704. The molecule has 0 rings (SSSR count). The van der Waals surface area contributed by atoms with Crippen LogP contribution in [0, 0.1) is 0 Å². The molecule has 0 fully saturated rings. The first-order valence-electron chi connectivity index (χ1n) is 6.35. The summed E-state index contributed by atoms with van der Waals surface area (Å²) in [6, 6.07) is 0. The molecule has 0 aromatic carbocycles. The van der Waals surface area contributed by atoms with Crippen LogP contribution in [0.1, 0.15) is 13.8 Å². The average molecular weight is 250 g/mol. The van der Waals surface area contributed by atoms with Crippen molar-refractivity contribution in [2.75, 3.05) is 66.8 Å². The van der Waals surface area contributed by atoms with Crippen LogP contribution in [0.3, 0.4) is 0 Å². The molecule has 0 bridgehead atoms. The molecule has 17 heavy (non-hydrogen) atoms. The lowest BCUT2D eigenvalue weighted by Gasteiger charge is -2.02. The molecular weight excluding hydrogens is 220 g/mol.